The molecule has 1 saturated heterocycles. The van der Waals surface area contributed by atoms with Crippen LogP contribution in [0, 0.1) is 0 Å². The van der Waals surface area contributed by atoms with E-state index in [9.17, 15) is 13.2 Å². The average molecular weight is 327 g/mol. The molecular weight excluding hydrogens is 306 g/mol. The Kier molecular flexibility index (Phi) is 4.20. The van der Waals surface area contributed by atoms with Crippen LogP contribution in [0.4, 0.5) is 0 Å². The smallest absolute Gasteiger partial charge is 0.241 e. The van der Waals surface area contributed by atoms with Crippen LogP contribution < -0.4 is 0 Å². The van der Waals surface area contributed by atoms with E-state index in [0.717, 1.165) is 32.1 Å². The second kappa shape index (κ2) is 5.98. The predicted octanol–water partition coefficient (Wildman–Crippen LogP) is 1.26. The fraction of sp³-hybridized carbons (Fsp3) is 0.786. The molecule has 3 rings (SSSR count). The first-order valence-corrected chi connectivity index (χ1v) is 9.59. The molecule has 0 bridgehead atoms. The molecule has 0 radical (unpaired) electrons. The van der Waals surface area contributed by atoms with Crippen LogP contribution in [0.5, 0.6) is 0 Å². The van der Waals surface area contributed by atoms with Crippen molar-refractivity contribution in [2.75, 3.05) is 12.3 Å². The Hall–Kier alpha value is -1.44. The lowest BCUT2D eigenvalue weighted by Crippen LogP contribution is -2.44. The van der Waals surface area contributed by atoms with Gasteiger partial charge >= 0.3 is 0 Å². The van der Waals surface area contributed by atoms with Gasteiger partial charge in [-0.25, -0.2) is 8.42 Å². The van der Waals surface area contributed by atoms with E-state index >= 15 is 0 Å². The summed E-state index contributed by atoms with van der Waals surface area (Å²) in [5, 5.41) is 3.80. The zero-order valence-electron chi connectivity index (χ0n) is 12.7. The monoisotopic (exact) mass is 327 g/mol. The summed E-state index contributed by atoms with van der Waals surface area (Å²) in [5.41, 5.74) is 0. The first kappa shape index (κ1) is 15.5. The predicted molar refractivity (Wildman–Crippen MR) is 78.8 cm³/mol. The van der Waals surface area contributed by atoms with Gasteiger partial charge in [0.05, 0.1) is 0 Å². The molecule has 1 aromatic heterocycles. The number of carbonyl (C=O) groups is 1. The minimum Gasteiger partial charge on any atom is -0.339 e. The van der Waals surface area contributed by atoms with E-state index in [-0.39, 0.29) is 23.6 Å². The van der Waals surface area contributed by atoms with Gasteiger partial charge in [0.25, 0.3) is 0 Å². The van der Waals surface area contributed by atoms with Crippen molar-refractivity contribution < 1.29 is 17.7 Å². The molecule has 7 nitrogen and oxygen atoms in total. The fourth-order valence-electron chi connectivity index (χ4n) is 2.81. The SMILES string of the molecule is C[C@@H]1CCCCN1C(=O)CS(=O)(=O)Cc1nc(C2CC2)no1. The zero-order valence-corrected chi connectivity index (χ0v) is 13.5. The Morgan fingerprint density at radius 3 is 2.77 bits per heavy atom. The summed E-state index contributed by atoms with van der Waals surface area (Å²) in [5.74, 6) is -0.188. The second-order valence-corrected chi connectivity index (χ2v) is 8.35. The molecule has 0 aromatic carbocycles. The minimum atomic E-state index is -3.59. The number of amides is 1. The first-order valence-electron chi connectivity index (χ1n) is 7.77. The van der Waals surface area contributed by atoms with Gasteiger partial charge in [-0.15, -0.1) is 0 Å². The van der Waals surface area contributed by atoms with E-state index in [1.165, 1.54) is 0 Å². The van der Waals surface area contributed by atoms with E-state index in [1.807, 2.05) is 6.92 Å². The van der Waals surface area contributed by atoms with Crippen LogP contribution in [0.1, 0.15) is 56.7 Å². The fourth-order valence-corrected chi connectivity index (χ4v) is 3.95. The largest absolute Gasteiger partial charge is 0.339 e. The normalized spacial score (nSPS) is 22.8. The topological polar surface area (TPSA) is 93.4 Å². The van der Waals surface area contributed by atoms with Gasteiger partial charge in [0.1, 0.15) is 11.5 Å². The van der Waals surface area contributed by atoms with E-state index in [2.05, 4.69) is 10.1 Å². The molecule has 1 amide bonds. The summed E-state index contributed by atoms with van der Waals surface area (Å²) in [7, 11) is -3.59. The average Bonchev–Trinajstić information content (AvgIpc) is 3.19. The third-order valence-corrected chi connectivity index (χ3v) is 5.61. The molecular formula is C14H21N3O4S. The lowest BCUT2D eigenvalue weighted by Gasteiger charge is -2.33. The van der Waals surface area contributed by atoms with Gasteiger partial charge in [-0.05, 0) is 39.0 Å². The van der Waals surface area contributed by atoms with Crippen LogP contribution in [0.25, 0.3) is 0 Å². The molecule has 8 heteroatoms. The van der Waals surface area contributed by atoms with Gasteiger partial charge in [0, 0.05) is 18.5 Å². The lowest BCUT2D eigenvalue weighted by atomic mass is 10.0. The van der Waals surface area contributed by atoms with Gasteiger partial charge in [0.2, 0.25) is 11.8 Å². The Morgan fingerprint density at radius 2 is 2.09 bits per heavy atom. The van der Waals surface area contributed by atoms with Gasteiger partial charge < -0.3 is 9.42 Å². The second-order valence-electron chi connectivity index (χ2n) is 6.28. The van der Waals surface area contributed by atoms with Crippen LogP contribution in [-0.4, -0.2) is 47.7 Å². The number of likely N-dealkylation sites (tertiary alicyclic amines) is 1. The maximum Gasteiger partial charge on any atom is 0.241 e. The summed E-state index contributed by atoms with van der Waals surface area (Å²) in [6, 6.07) is 0.112. The van der Waals surface area contributed by atoms with E-state index in [0.29, 0.717) is 18.3 Å². The first-order chi connectivity index (χ1) is 10.4. The number of piperidine rings is 1. The molecule has 0 spiro atoms. The van der Waals surface area contributed by atoms with Crippen LogP contribution in [0.2, 0.25) is 0 Å². The number of hydrogen-bond donors (Lipinski definition) is 0. The Balaban J connectivity index is 1.60. The molecule has 1 atom stereocenters. The molecule has 1 aliphatic heterocycles. The van der Waals surface area contributed by atoms with Crippen LogP contribution in [0.3, 0.4) is 0 Å². The molecule has 1 aromatic rings. The van der Waals surface area contributed by atoms with Crippen LogP contribution in [0.15, 0.2) is 4.52 Å². The highest BCUT2D eigenvalue weighted by atomic mass is 32.2. The highest BCUT2D eigenvalue weighted by Crippen LogP contribution is 2.38. The molecule has 1 saturated carbocycles. The van der Waals surface area contributed by atoms with Gasteiger partial charge in [-0.1, -0.05) is 5.16 Å². The van der Waals surface area contributed by atoms with Crippen molar-refractivity contribution in [2.24, 2.45) is 0 Å². The molecule has 2 heterocycles. The summed E-state index contributed by atoms with van der Waals surface area (Å²) >= 11 is 0. The quantitative estimate of drug-likeness (QED) is 0.808. The number of nitrogens with zero attached hydrogens (tertiary/aromatic N) is 3. The van der Waals surface area contributed by atoms with Gasteiger partial charge in [-0.3, -0.25) is 4.79 Å². The van der Waals surface area contributed by atoms with Crippen molar-refractivity contribution in [2.45, 2.75) is 56.7 Å². The molecule has 0 unspecified atom stereocenters. The Labute approximate surface area is 130 Å². The summed E-state index contributed by atoms with van der Waals surface area (Å²) in [4.78, 5) is 18.0. The molecule has 2 fully saturated rings. The number of sulfone groups is 1. The van der Waals surface area contributed by atoms with E-state index < -0.39 is 15.6 Å². The van der Waals surface area contributed by atoms with E-state index in [1.54, 1.807) is 4.90 Å². The number of rotatable bonds is 5. The molecule has 22 heavy (non-hydrogen) atoms. The third kappa shape index (κ3) is 3.66. The summed E-state index contributed by atoms with van der Waals surface area (Å²) in [6.45, 7) is 2.60. The van der Waals surface area contributed by atoms with Crippen molar-refractivity contribution in [3.05, 3.63) is 11.7 Å². The Morgan fingerprint density at radius 1 is 1.32 bits per heavy atom. The molecule has 1 aliphatic carbocycles. The number of aromatic nitrogens is 2. The Bertz CT molecular complexity index is 651. The highest BCUT2D eigenvalue weighted by molar-refractivity contribution is 7.91. The van der Waals surface area contributed by atoms with Gasteiger partial charge in [-0.2, -0.15) is 4.98 Å². The summed E-state index contributed by atoms with van der Waals surface area (Å²) in [6.07, 6.45) is 5.00. The van der Waals surface area contributed by atoms with E-state index in [4.69, 9.17) is 4.52 Å². The highest BCUT2D eigenvalue weighted by Gasteiger charge is 2.31. The van der Waals surface area contributed by atoms with Gasteiger partial charge in [0.15, 0.2) is 15.7 Å². The van der Waals surface area contributed by atoms with Crippen molar-refractivity contribution in [3.63, 3.8) is 0 Å². The zero-order chi connectivity index (χ0) is 15.7. The van der Waals surface area contributed by atoms with Crippen molar-refractivity contribution in [1.29, 1.82) is 0 Å². The van der Waals surface area contributed by atoms with Crippen molar-refractivity contribution in [1.82, 2.24) is 15.0 Å². The molecule has 0 N–H and O–H groups in total. The summed E-state index contributed by atoms with van der Waals surface area (Å²) < 4.78 is 29.3. The van der Waals surface area contributed by atoms with Crippen molar-refractivity contribution in [3.8, 4) is 0 Å². The molecule has 2 aliphatic rings. The number of hydrogen-bond acceptors (Lipinski definition) is 6. The van der Waals surface area contributed by atoms with Crippen LogP contribution >= 0.6 is 0 Å². The maximum absolute atomic E-state index is 12.2. The minimum absolute atomic E-state index is 0.0846. The molecule has 122 valence electrons. The maximum atomic E-state index is 12.2. The standard InChI is InChI=1S/C14H21N3O4S/c1-10-4-2-3-7-17(10)13(18)9-22(19,20)8-12-15-14(16-21-12)11-5-6-11/h10-11H,2-9H2,1H3/t10-/m1/s1. The van der Waals surface area contributed by atoms with Crippen LogP contribution in [-0.2, 0) is 20.4 Å². The lowest BCUT2D eigenvalue weighted by molar-refractivity contribution is -0.131. The number of carbonyl (C=O) groups excluding carboxylic acids is 1. The van der Waals surface area contributed by atoms with Crippen molar-refractivity contribution >= 4 is 15.7 Å². The third-order valence-electron chi connectivity index (χ3n) is 4.24.